The number of rotatable bonds is 9. The van der Waals surface area contributed by atoms with E-state index in [1.54, 1.807) is 0 Å². The largest absolute Gasteiger partial charge is 0.445 e. The second-order valence-electron chi connectivity index (χ2n) is 11.3. The lowest BCUT2D eigenvalue weighted by Crippen LogP contribution is -2.51. The molecule has 0 saturated carbocycles. The van der Waals surface area contributed by atoms with Crippen LogP contribution in [0.1, 0.15) is 50.7 Å². The van der Waals surface area contributed by atoms with Crippen LogP contribution in [0.25, 0.3) is 0 Å². The standard InChI is InChI=1S/C29H41N3O2.C6H6/c1-3-24(2)32(29(33)34-23-26-12-8-5-9-13-26)28-15-18-30(19-16-28)21-27-14-17-31(22-27)20-25-10-6-4-7-11-25;1-2-4-6-5-3-1/h4-13,24,27-28H,3,14-23H2,1-2H3;1-6H/t24?,27-;/m0./s1. The van der Waals surface area contributed by atoms with Gasteiger partial charge in [-0.3, -0.25) is 4.90 Å². The predicted molar refractivity (Wildman–Crippen MR) is 164 cm³/mol. The Morgan fingerprint density at radius 3 is 1.90 bits per heavy atom. The molecule has 40 heavy (non-hydrogen) atoms. The first-order valence-electron chi connectivity index (χ1n) is 15.1. The van der Waals surface area contributed by atoms with E-state index in [9.17, 15) is 4.79 Å². The van der Waals surface area contributed by atoms with Crippen molar-refractivity contribution in [3.05, 3.63) is 108 Å². The van der Waals surface area contributed by atoms with E-state index < -0.39 is 0 Å². The summed E-state index contributed by atoms with van der Waals surface area (Å²) in [5.74, 6) is 0.752. The number of nitrogens with zero attached hydrogens (tertiary/aromatic N) is 3. The molecule has 214 valence electrons. The summed E-state index contributed by atoms with van der Waals surface area (Å²) >= 11 is 0. The normalized spacial score (nSPS) is 18.9. The first kappa shape index (κ1) is 29.8. The van der Waals surface area contributed by atoms with Gasteiger partial charge >= 0.3 is 6.09 Å². The fourth-order valence-electron chi connectivity index (χ4n) is 5.86. The van der Waals surface area contributed by atoms with Crippen molar-refractivity contribution >= 4 is 6.09 Å². The third-order valence-electron chi connectivity index (χ3n) is 8.23. The molecule has 1 amide bonds. The van der Waals surface area contributed by atoms with E-state index in [1.165, 1.54) is 31.6 Å². The minimum absolute atomic E-state index is 0.163. The number of ether oxygens (including phenoxy) is 1. The second kappa shape index (κ2) is 16.2. The highest BCUT2D eigenvalue weighted by molar-refractivity contribution is 5.68. The summed E-state index contributed by atoms with van der Waals surface area (Å²) in [7, 11) is 0. The van der Waals surface area contributed by atoms with Gasteiger partial charge in [0.1, 0.15) is 6.61 Å². The number of carbonyl (C=O) groups is 1. The maximum atomic E-state index is 13.0. The number of likely N-dealkylation sites (tertiary alicyclic amines) is 2. The number of hydrogen-bond donors (Lipinski definition) is 0. The van der Waals surface area contributed by atoms with E-state index in [2.05, 4.69) is 54.0 Å². The Balaban J connectivity index is 0.000000546. The first-order chi connectivity index (χ1) is 19.6. The summed E-state index contributed by atoms with van der Waals surface area (Å²) in [5.41, 5.74) is 2.45. The van der Waals surface area contributed by atoms with Crippen LogP contribution in [0, 0.1) is 5.92 Å². The van der Waals surface area contributed by atoms with Crippen molar-refractivity contribution in [2.45, 2.75) is 64.8 Å². The number of benzene rings is 3. The summed E-state index contributed by atoms with van der Waals surface area (Å²) < 4.78 is 5.73. The molecule has 0 aliphatic carbocycles. The zero-order valence-corrected chi connectivity index (χ0v) is 24.4. The van der Waals surface area contributed by atoms with Crippen molar-refractivity contribution in [1.82, 2.24) is 14.7 Å². The molecule has 0 aromatic heterocycles. The van der Waals surface area contributed by atoms with Crippen LogP contribution in [0.15, 0.2) is 97.1 Å². The maximum Gasteiger partial charge on any atom is 0.410 e. The van der Waals surface area contributed by atoms with Gasteiger partial charge in [-0.1, -0.05) is 104 Å². The highest BCUT2D eigenvalue weighted by Gasteiger charge is 2.33. The van der Waals surface area contributed by atoms with Gasteiger partial charge < -0.3 is 14.5 Å². The monoisotopic (exact) mass is 541 g/mol. The van der Waals surface area contributed by atoms with Crippen molar-refractivity contribution < 1.29 is 9.53 Å². The van der Waals surface area contributed by atoms with Gasteiger partial charge in [0.15, 0.2) is 0 Å². The molecule has 5 nitrogen and oxygen atoms in total. The lowest BCUT2D eigenvalue weighted by Gasteiger charge is -2.41. The van der Waals surface area contributed by atoms with E-state index in [4.69, 9.17) is 4.74 Å². The van der Waals surface area contributed by atoms with Crippen molar-refractivity contribution in [3.63, 3.8) is 0 Å². The number of amides is 1. The molecular weight excluding hydrogens is 494 g/mol. The van der Waals surface area contributed by atoms with Crippen LogP contribution >= 0.6 is 0 Å². The molecular formula is C35H47N3O2. The fourth-order valence-corrected chi connectivity index (χ4v) is 5.86. The van der Waals surface area contributed by atoms with Crippen LogP contribution in [0.2, 0.25) is 0 Å². The third kappa shape index (κ3) is 9.50. The molecule has 5 rings (SSSR count). The van der Waals surface area contributed by atoms with Gasteiger partial charge in [-0.15, -0.1) is 0 Å². The quantitative estimate of drug-likeness (QED) is 0.290. The van der Waals surface area contributed by atoms with Crippen LogP contribution in [-0.2, 0) is 17.9 Å². The highest BCUT2D eigenvalue weighted by atomic mass is 16.6. The molecule has 3 aromatic rings. The summed E-state index contributed by atoms with van der Waals surface area (Å²) in [5, 5.41) is 0. The summed E-state index contributed by atoms with van der Waals surface area (Å²) in [6.45, 7) is 11.4. The van der Waals surface area contributed by atoms with Crippen LogP contribution < -0.4 is 0 Å². The Morgan fingerprint density at radius 1 is 0.800 bits per heavy atom. The first-order valence-corrected chi connectivity index (χ1v) is 15.1. The fraction of sp³-hybridized carbons (Fsp3) is 0.457. The Morgan fingerprint density at radius 2 is 1.32 bits per heavy atom. The van der Waals surface area contributed by atoms with Crippen LogP contribution in [0.5, 0.6) is 0 Å². The van der Waals surface area contributed by atoms with Crippen LogP contribution in [0.3, 0.4) is 0 Å². The molecule has 2 fully saturated rings. The Labute approximate surface area is 241 Å². The Bertz CT molecular complexity index is 1060. The molecule has 2 aliphatic rings. The van der Waals surface area contributed by atoms with Gasteiger partial charge in [0, 0.05) is 44.8 Å². The molecule has 2 saturated heterocycles. The molecule has 2 atom stereocenters. The lowest BCUT2D eigenvalue weighted by atomic mass is 9.99. The van der Waals surface area contributed by atoms with E-state index >= 15 is 0 Å². The SMILES string of the molecule is CCC(C)N(C(=O)OCc1ccccc1)C1CCN(C[C@@H]2CCN(Cc3ccccc3)C2)CC1.c1ccccc1. The maximum absolute atomic E-state index is 13.0. The van der Waals surface area contributed by atoms with E-state index in [1.807, 2.05) is 71.6 Å². The minimum Gasteiger partial charge on any atom is -0.445 e. The number of carbonyl (C=O) groups excluding carboxylic acids is 1. The zero-order chi connectivity index (χ0) is 28.0. The second-order valence-corrected chi connectivity index (χ2v) is 11.3. The van der Waals surface area contributed by atoms with E-state index in [-0.39, 0.29) is 18.2 Å². The topological polar surface area (TPSA) is 36.0 Å². The third-order valence-corrected chi connectivity index (χ3v) is 8.23. The Kier molecular flexibility index (Phi) is 12.1. The molecule has 0 spiro atoms. The molecule has 0 bridgehead atoms. The van der Waals surface area contributed by atoms with Crippen molar-refractivity contribution in [2.75, 3.05) is 32.7 Å². The number of piperidine rings is 1. The van der Waals surface area contributed by atoms with Crippen LogP contribution in [0.4, 0.5) is 4.79 Å². The van der Waals surface area contributed by atoms with Gasteiger partial charge in [-0.2, -0.15) is 0 Å². The molecule has 2 heterocycles. The molecule has 1 unspecified atom stereocenters. The van der Waals surface area contributed by atoms with Gasteiger partial charge in [-0.25, -0.2) is 4.79 Å². The molecule has 2 aliphatic heterocycles. The van der Waals surface area contributed by atoms with Crippen molar-refractivity contribution in [1.29, 1.82) is 0 Å². The van der Waals surface area contributed by atoms with E-state index in [0.29, 0.717) is 6.61 Å². The summed E-state index contributed by atoms with van der Waals surface area (Å²) in [6.07, 6.45) is 4.14. The van der Waals surface area contributed by atoms with Crippen molar-refractivity contribution in [2.24, 2.45) is 5.92 Å². The zero-order valence-electron chi connectivity index (χ0n) is 24.4. The number of hydrogen-bond acceptors (Lipinski definition) is 4. The molecule has 3 aromatic carbocycles. The predicted octanol–water partition coefficient (Wildman–Crippen LogP) is 7.10. The van der Waals surface area contributed by atoms with E-state index in [0.717, 1.165) is 50.4 Å². The minimum atomic E-state index is -0.163. The van der Waals surface area contributed by atoms with Gasteiger partial charge in [0.05, 0.1) is 0 Å². The smallest absolute Gasteiger partial charge is 0.410 e. The van der Waals surface area contributed by atoms with Gasteiger partial charge in [-0.05, 0) is 56.2 Å². The summed E-state index contributed by atoms with van der Waals surface area (Å²) in [6, 6.07) is 33.2. The van der Waals surface area contributed by atoms with Gasteiger partial charge in [0.2, 0.25) is 0 Å². The van der Waals surface area contributed by atoms with Gasteiger partial charge in [0.25, 0.3) is 0 Å². The highest BCUT2D eigenvalue weighted by Crippen LogP contribution is 2.25. The molecule has 5 heteroatoms. The lowest BCUT2D eigenvalue weighted by molar-refractivity contribution is 0.0409. The summed E-state index contributed by atoms with van der Waals surface area (Å²) in [4.78, 5) is 20.3. The Hall–Kier alpha value is -3.15. The van der Waals surface area contributed by atoms with Crippen LogP contribution in [-0.4, -0.2) is 65.6 Å². The molecule has 0 radical (unpaired) electrons. The van der Waals surface area contributed by atoms with Crippen molar-refractivity contribution in [3.8, 4) is 0 Å². The average molecular weight is 542 g/mol. The average Bonchev–Trinajstić information content (AvgIpc) is 3.45. The molecule has 0 N–H and O–H groups in total.